The predicted octanol–water partition coefficient (Wildman–Crippen LogP) is 1.91. The molecule has 0 radical (unpaired) electrons. The second-order valence-corrected chi connectivity index (χ2v) is 3.85. The summed E-state index contributed by atoms with van der Waals surface area (Å²) in [5.41, 5.74) is 0. The number of hydrogen-bond acceptors (Lipinski definition) is 2. The molecule has 0 aromatic heterocycles. The van der Waals surface area contributed by atoms with Gasteiger partial charge in [-0.05, 0) is 20.3 Å². The highest BCUT2D eigenvalue weighted by Crippen LogP contribution is 2.34. The van der Waals surface area contributed by atoms with Crippen LogP contribution in [0.25, 0.3) is 0 Å². The maximum Gasteiger partial charge on any atom is 0.303 e. The molecule has 1 aliphatic heterocycles. The van der Waals surface area contributed by atoms with Crippen LogP contribution in [0.3, 0.4) is 0 Å². The largest absolute Gasteiger partial charge is 0.393 e. The van der Waals surface area contributed by atoms with Gasteiger partial charge < -0.3 is 9.84 Å². The van der Waals surface area contributed by atoms with E-state index in [-0.39, 0.29) is 6.42 Å². The number of ether oxygens (including phenoxy) is 1. The standard InChI is InChI=1S/C9H15F3O2/c1-5-3-7(13)4-8(14-5)9(11,12)6(2)10/h5-8,13H,3-4H2,1-2H3. The van der Waals surface area contributed by atoms with Crippen LogP contribution in [0, 0.1) is 0 Å². The van der Waals surface area contributed by atoms with Crippen LogP contribution >= 0.6 is 0 Å². The van der Waals surface area contributed by atoms with E-state index < -0.39 is 30.4 Å². The third-order valence-corrected chi connectivity index (χ3v) is 2.45. The first-order valence-electron chi connectivity index (χ1n) is 4.69. The Hall–Kier alpha value is -0.290. The van der Waals surface area contributed by atoms with Crippen molar-refractivity contribution < 1.29 is 23.0 Å². The van der Waals surface area contributed by atoms with Gasteiger partial charge in [0.1, 0.15) is 6.10 Å². The van der Waals surface area contributed by atoms with Crippen LogP contribution in [0.2, 0.25) is 0 Å². The van der Waals surface area contributed by atoms with Crippen LogP contribution in [-0.4, -0.2) is 35.5 Å². The van der Waals surface area contributed by atoms with E-state index in [1.807, 2.05) is 0 Å². The second-order valence-electron chi connectivity index (χ2n) is 3.85. The van der Waals surface area contributed by atoms with Crippen molar-refractivity contribution >= 4 is 0 Å². The molecule has 1 N–H and O–H groups in total. The monoisotopic (exact) mass is 212 g/mol. The van der Waals surface area contributed by atoms with Gasteiger partial charge in [0.15, 0.2) is 6.17 Å². The Balaban J connectivity index is 2.67. The zero-order valence-corrected chi connectivity index (χ0v) is 8.21. The first-order valence-corrected chi connectivity index (χ1v) is 4.69. The lowest BCUT2D eigenvalue weighted by Crippen LogP contribution is -2.49. The molecule has 2 nitrogen and oxygen atoms in total. The van der Waals surface area contributed by atoms with Crippen molar-refractivity contribution in [3.8, 4) is 0 Å². The Bertz CT molecular complexity index is 186. The first-order chi connectivity index (χ1) is 6.34. The Morgan fingerprint density at radius 3 is 2.43 bits per heavy atom. The minimum Gasteiger partial charge on any atom is -0.393 e. The lowest BCUT2D eigenvalue weighted by molar-refractivity contribution is -0.215. The zero-order valence-electron chi connectivity index (χ0n) is 8.21. The number of aliphatic hydroxyl groups excluding tert-OH is 1. The van der Waals surface area contributed by atoms with Gasteiger partial charge in [-0.3, -0.25) is 0 Å². The molecule has 0 saturated carbocycles. The summed E-state index contributed by atoms with van der Waals surface area (Å²) >= 11 is 0. The van der Waals surface area contributed by atoms with Crippen molar-refractivity contribution in [2.45, 2.75) is 57.1 Å². The first kappa shape index (κ1) is 11.8. The van der Waals surface area contributed by atoms with Crippen LogP contribution in [0.4, 0.5) is 13.2 Å². The van der Waals surface area contributed by atoms with Crippen LogP contribution in [0.5, 0.6) is 0 Å². The van der Waals surface area contributed by atoms with Gasteiger partial charge in [-0.1, -0.05) is 0 Å². The smallest absolute Gasteiger partial charge is 0.303 e. The predicted molar refractivity (Wildman–Crippen MR) is 45.1 cm³/mol. The molecule has 0 spiro atoms. The molecule has 1 heterocycles. The average molecular weight is 212 g/mol. The van der Waals surface area contributed by atoms with Crippen molar-refractivity contribution in [3.05, 3.63) is 0 Å². The molecule has 0 bridgehead atoms. The van der Waals surface area contributed by atoms with Crippen molar-refractivity contribution in [2.24, 2.45) is 0 Å². The van der Waals surface area contributed by atoms with Gasteiger partial charge in [0, 0.05) is 6.42 Å². The fraction of sp³-hybridized carbons (Fsp3) is 1.00. The molecule has 0 amide bonds. The lowest BCUT2D eigenvalue weighted by atomic mass is 9.96. The number of halogens is 3. The van der Waals surface area contributed by atoms with Gasteiger partial charge in [0.25, 0.3) is 0 Å². The van der Waals surface area contributed by atoms with Crippen molar-refractivity contribution in [2.75, 3.05) is 0 Å². The summed E-state index contributed by atoms with van der Waals surface area (Å²) in [7, 11) is 0. The van der Waals surface area contributed by atoms with Crippen LogP contribution in [-0.2, 0) is 4.74 Å². The fourth-order valence-corrected chi connectivity index (χ4v) is 1.62. The fourth-order valence-electron chi connectivity index (χ4n) is 1.62. The van der Waals surface area contributed by atoms with E-state index in [9.17, 15) is 18.3 Å². The van der Waals surface area contributed by atoms with Crippen molar-refractivity contribution in [1.29, 1.82) is 0 Å². The number of rotatable bonds is 2. The third-order valence-electron chi connectivity index (χ3n) is 2.45. The maximum atomic E-state index is 13.2. The third kappa shape index (κ3) is 2.39. The molecular formula is C9H15F3O2. The van der Waals surface area contributed by atoms with Crippen molar-refractivity contribution in [1.82, 2.24) is 0 Å². The maximum absolute atomic E-state index is 13.2. The summed E-state index contributed by atoms with van der Waals surface area (Å²) in [5, 5.41) is 9.26. The summed E-state index contributed by atoms with van der Waals surface area (Å²) in [4.78, 5) is 0. The normalized spacial score (nSPS) is 36.9. The van der Waals surface area contributed by atoms with E-state index in [1.54, 1.807) is 6.92 Å². The number of alkyl halides is 3. The van der Waals surface area contributed by atoms with E-state index in [0.717, 1.165) is 6.92 Å². The summed E-state index contributed by atoms with van der Waals surface area (Å²) in [6.45, 7) is 2.39. The Labute approximate surface area is 81.1 Å². The Kier molecular flexibility index (Phi) is 3.42. The van der Waals surface area contributed by atoms with Gasteiger partial charge in [-0.25, -0.2) is 13.2 Å². The molecule has 1 fully saturated rings. The molecule has 1 rings (SSSR count). The molecule has 14 heavy (non-hydrogen) atoms. The number of aliphatic hydroxyl groups is 1. The van der Waals surface area contributed by atoms with E-state index in [2.05, 4.69) is 0 Å². The quantitative estimate of drug-likeness (QED) is 0.757. The van der Waals surface area contributed by atoms with Gasteiger partial charge >= 0.3 is 5.92 Å². The summed E-state index contributed by atoms with van der Waals surface area (Å²) < 4.78 is 43.9. The summed E-state index contributed by atoms with van der Waals surface area (Å²) in [6, 6.07) is 0. The summed E-state index contributed by atoms with van der Waals surface area (Å²) in [6.07, 6.45) is -4.92. The zero-order chi connectivity index (χ0) is 10.9. The average Bonchev–Trinajstić information content (AvgIpc) is 2.01. The van der Waals surface area contributed by atoms with E-state index in [4.69, 9.17) is 4.74 Å². The molecule has 5 heteroatoms. The second kappa shape index (κ2) is 4.06. The molecule has 0 aromatic carbocycles. The lowest BCUT2D eigenvalue weighted by Gasteiger charge is -2.36. The van der Waals surface area contributed by atoms with Gasteiger partial charge in [0.2, 0.25) is 0 Å². The van der Waals surface area contributed by atoms with E-state index in [0.29, 0.717) is 6.42 Å². The highest BCUT2D eigenvalue weighted by molar-refractivity contribution is 4.88. The minimum atomic E-state index is -3.52. The molecule has 4 unspecified atom stereocenters. The SMILES string of the molecule is CC1CC(O)CC(C(F)(F)C(C)F)O1. The highest BCUT2D eigenvalue weighted by atomic mass is 19.3. The minimum absolute atomic E-state index is 0.203. The molecule has 4 atom stereocenters. The van der Waals surface area contributed by atoms with Crippen LogP contribution in [0.1, 0.15) is 26.7 Å². The van der Waals surface area contributed by atoms with Crippen LogP contribution in [0.15, 0.2) is 0 Å². The van der Waals surface area contributed by atoms with Crippen LogP contribution < -0.4 is 0 Å². The highest BCUT2D eigenvalue weighted by Gasteiger charge is 2.49. The Morgan fingerprint density at radius 1 is 1.43 bits per heavy atom. The Morgan fingerprint density at radius 2 is 2.00 bits per heavy atom. The summed E-state index contributed by atoms with van der Waals surface area (Å²) in [5.74, 6) is -3.52. The molecule has 84 valence electrons. The van der Waals surface area contributed by atoms with E-state index in [1.165, 1.54) is 0 Å². The van der Waals surface area contributed by atoms with E-state index >= 15 is 0 Å². The molecule has 1 aliphatic rings. The topological polar surface area (TPSA) is 29.5 Å². The molecular weight excluding hydrogens is 197 g/mol. The van der Waals surface area contributed by atoms with Gasteiger partial charge in [-0.2, -0.15) is 0 Å². The van der Waals surface area contributed by atoms with Gasteiger partial charge in [-0.15, -0.1) is 0 Å². The molecule has 0 aliphatic carbocycles. The number of hydrogen-bond donors (Lipinski definition) is 1. The van der Waals surface area contributed by atoms with Crippen molar-refractivity contribution in [3.63, 3.8) is 0 Å². The van der Waals surface area contributed by atoms with Gasteiger partial charge in [0.05, 0.1) is 12.2 Å². The molecule has 1 saturated heterocycles. The molecule has 0 aromatic rings.